The third-order valence-corrected chi connectivity index (χ3v) is 3.80. The van der Waals surface area contributed by atoms with E-state index >= 15 is 0 Å². The summed E-state index contributed by atoms with van der Waals surface area (Å²) >= 11 is 3.89. The molecular weight excluding hydrogens is 320 g/mol. The van der Waals surface area contributed by atoms with E-state index in [2.05, 4.69) is 15.9 Å². The third-order valence-electron chi connectivity index (χ3n) is 2.13. The molecule has 18 heavy (non-hydrogen) atoms. The second kappa shape index (κ2) is 6.70. The Bertz CT molecular complexity index is 487. The van der Waals surface area contributed by atoms with Gasteiger partial charge in [-0.05, 0) is 6.07 Å². The predicted molar refractivity (Wildman–Crippen MR) is 72.8 cm³/mol. The van der Waals surface area contributed by atoms with Crippen LogP contribution in [0.25, 0.3) is 0 Å². The Balaban J connectivity index is 2.82. The van der Waals surface area contributed by atoms with Gasteiger partial charge in [0.05, 0.1) is 0 Å². The lowest BCUT2D eigenvalue weighted by molar-refractivity contribution is -0.136. The van der Waals surface area contributed by atoms with Crippen LogP contribution >= 0.6 is 27.7 Å². The fourth-order valence-corrected chi connectivity index (χ4v) is 2.59. The maximum atomic E-state index is 11.9. The van der Waals surface area contributed by atoms with E-state index in [1.807, 2.05) is 0 Å². The number of carboxylic acid groups (broad SMARTS) is 1. The second-order valence-electron chi connectivity index (χ2n) is 3.54. The van der Waals surface area contributed by atoms with Gasteiger partial charge in [0.2, 0.25) is 0 Å². The number of benzene rings is 1. The molecule has 1 unspecified atom stereocenters. The summed E-state index contributed by atoms with van der Waals surface area (Å²) in [6.45, 7) is 1.28. The van der Waals surface area contributed by atoms with Crippen LogP contribution in [-0.2, 0) is 9.59 Å². The molecule has 0 fully saturated rings. The average Bonchev–Trinajstić information content (AvgIpc) is 2.27. The molecule has 6 heteroatoms. The van der Waals surface area contributed by atoms with E-state index in [0.717, 1.165) is 0 Å². The van der Waals surface area contributed by atoms with Gasteiger partial charge in [-0.1, -0.05) is 45.9 Å². The summed E-state index contributed by atoms with van der Waals surface area (Å²) in [7, 11) is 0. The molecule has 0 bridgehead atoms. The SMILES string of the molecule is CC(=O)SC(CC(=O)c1ccccc1Br)C(=O)O. The number of thioether (sulfide) groups is 1. The van der Waals surface area contributed by atoms with Gasteiger partial charge in [0, 0.05) is 23.4 Å². The van der Waals surface area contributed by atoms with Crippen LogP contribution in [0.1, 0.15) is 23.7 Å². The summed E-state index contributed by atoms with van der Waals surface area (Å²) in [5.74, 6) is -1.46. The first-order chi connectivity index (χ1) is 8.41. The van der Waals surface area contributed by atoms with Crippen molar-refractivity contribution in [1.82, 2.24) is 0 Å². The Morgan fingerprint density at radius 2 is 1.94 bits per heavy atom. The molecule has 0 radical (unpaired) electrons. The molecule has 1 rings (SSSR count). The number of carboxylic acids is 1. The molecule has 0 amide bonds. The molecule has 96 valence electrons. The van der Waals surface area contributed by atoms with E-state index in [4.69, 9.17) is 5.11 Å². The number of Topliss-reactive ketones (excluding diaryl/α,β-unsaturated/α-hetero) is 1. The van der Waals surface area contributed by atoms with E-state index in [9.17, 15) is 14.4 Å². The highest BCUT2D eigenvalue weighted by Crippen LogP contribution is 2.22. The number of halogens is 1. The Morgan fingerprint density at radius 3 is 2.44 bits per heavy atom. The van der Waals surface area contributed by atoms with Gasteiger partial charge < -0.3 is 5.11 Å². The maximum absolute atomic E-state index is 11.9. The van der Waals surface area contributed by atoms with Gasteiger partial charge in [-0.25, -0.2) is 0 Å². The van der Waals surface area contributed by atoms with E-state index in [1.165, 1.54) is 6.92 Å². The highest BCUT2D eigenvalue weighted by Gasteiger charge is 2.24. The molecule has 1 aromatic carbocycles. The van der Waals surface area contributed by atoms with Crippen molar-refractivity contribution in [2.45, 2.75) is 18.6 Å². The topological polar surface area (TPSA) is 71.4 Å². The molecule has 0 saturated heterocycles. The number of ketones is 1. The van der Waals surface area contributed by atoms with E-state index in [1.54, 1.807) is 24.3 Å². The number of aliphatic carboxylic acids is 1. The van der Waals surface area contributed by atoms with Crippen LogP contribution in [0.3, 0.4) is 0 Å². The monoisotopic (exact) mass is 330 g/mol. The van der Waals surface area contributed by atoms with Crippen molar-refractivity contribution in [1.29, 1.82) is 0 Å². The molecular formula is C12H11BrO4S. The van der Waals surface area contributed by atoms with Crippen LogP contribution < -0.4 is 0 Å². The number of hydrogen-bond donors (Lipinski definition) is 1. The van der Waals surface area contributed by atoms with Crippen LogP contribution in [0.2, 0.25) is 0 Å². The highest BCUT2D eigenvalue weighted by molar-refractivity contribution is 9.10. The lowest BCUT2D eigenvalue weighted by Gasteiger charge is -2.09. The summed E-state index contributed by atoms with van der Waals surface area (Å²) in [5, 5.41) is 7.59. The first-order valence-corrected chi connectivity index (χ1v) is 6.77. The van der Waals surface area contributed by atoms with E-state index in [-0.39, 0.29) is 17.3 Å². The molecule has 0 aliphatic heterocycles. The van der Waals surface area contributed by atoms with Gasteiger partial charge >= 0.3 is 5.97 Å². The van der Waals surface area contributed by atoms with Gasteiger partial charge in [0.15, 0.2) is 10.9 Å². The van der Waals surface area contributed by atoms with Gasteiger partial charge in [-0.15, -0.1) is 0 Å². The van der Waals surface area contributed by atoms with Crippen LogP contribution in [0.4, 0.5) is 0 Å². The molecule has 0 aliphatic carbocycles. The predicted octanol–water partition coefficient (Wildman–Crippen LogP) is 2.75. The number of rotatable bonds is 5. The largest absolute Gasteiger partial charge is 0.480 e. The normalized spacial score (nSPS) is 11.9. The third kappa shape index (κ3) is 4.27. The minimum atomic E-state index is -1.16. The first-order valence-electron chi connectivity index (χ1n) is 5.09. The molecule has 1 atom stereocenters. The van der Waals surface area contributed by atoms with Crippen LogP contribution in [0.5, 0.6) is 0 Å². The maximum Gasteiger partial charge on any atom is 0.317 e. The summed E-state index contributed by atoms with van der Waals surface area (Å²) < 4.78 is 0.618. The Kier molecular flexibility index (Phi) is 5.55. The van der Waals surface area contributed by atoms with Crippen molar-refractivity contribution in [3.63, 3.8) is 0 Å². The Morgan fingerprint density at radius 1 is 1.33 bits per heavy atom. The Labute approximate surface area is 117 Å². The molecule has 0 aromatic heterocycles. The van der Waals surface area contributed by atoms with Crippen molar-refractivity contribution in [3.05, 3.63) is 34.3 Å². The zero-order valence-electron chi connectivity index (χ0n) is 9.55. The van der Waals surface area contributed by atoms with Crippen molar-refractivity contribution in [2.24, 2.45) is 0 Å². The molecule has 1 aromatic rings. The number of carbonyl (C=O) groups excluding carboxylic acids is 2. The minimum Gasteiger partial charge on any atom is -0.480 e. The highest BCUT2D eigenvalue weighted by atomic mass is 79.9. The van der Waals surface area contributed by atoms with Crippen molar-refractivity contribution >= 4 is 44.6 Å². The van der Waals surface area contributed by atoms with Crippen LogP contribution in [0.15, 0.2) is 28.7 Å². The van der Waals surface area contributed by atoms with Crippen LogP contribution in [0, 0.1) is 0 Å². The standard InChI is InChI=1S/C12H11BrO4S/c1-7(14)18-11(12(16)17)6-10(15)8-4-2-3-5-9(8)13/h2-5,11H,6H2,1H3,(H,16,17). The van der Waals surface area contributed by atoms with E-state index < -0.39 is 11.2 Å². The van der Waals surface area contributed by atoms with Gasteiger partial charge in [-0.3, -0.25) is 14.4 Å². The number of hydrogen-bond acceptors (Lipinski definition) is 4. The van der Waals surface area contributed by atoms with Gasteiger partial charge in [0.1, 0.15) is 5.25 Å². The first kappa shape index (κ1) is 14.9. The average molecular weight is 331 g/mol. The molecule has 0 heterocycles. The fourth-order valence-electron chi connectivity index (χ4n) is 1.35. The minimum absolute atomic E-state index is 0.206. The molecule has 4 nitrogen and oxygen atoms in total. The molecule has 0 spiro atoms. The van der Waals surface area contributed by atoms with Crippen molar-refractivity contribution in [2.75, 3.05) is 0 Å². The number of carbonyl (C=O) groups is 3. The lowest BCUT2D eigenvalue weighted by Crippen LogP contribution is -2.22. The second-order valence-corrected chi connectivity index (χ2v) is 5.78. The molecule has 0 saturated carbocycles. The summed E-state index contributed by atoms with van der Waals surface area (Å²) in [6, 6.07) is 6.79. The quantitative estimate of drug-likeness (QED) is 0.840. The van der Waals surface area contributed by atoms with Crippen molar-refractivity contribution in [3.8, 4) is 0 Å². The summed E-state index contributed by atoms with van der Waals surface area (Å²) in [5.41, 5.74) is 0.424. The molecule has 0 aliphatic rings. The van der Waals surface area contributed by atoms with Gasteiger partial charge in [0.25, 0.3) is 0 Å². The fraction of sp³-hybridized carbons (Fsp3) is 0.250. The van der Waals surface area contributed by atoms with Gasteiger partial charge in [-0.2, -0.15) is 0 Å². The van der Waals surface area contributed by atoms with E-state index in [0.29, 0.717) is 21.8 Å². The van der Waals surface area contributed by atoms with Crippen molar-refractivity contribution < 1.29 is 19.5 Å². The summed E-state index contributed by atoms with van der Waals surface area (Å²) in [6.07, 6.45) is -0.206. The zero-order chi connectivity index (χ0) is 13.7. The lowest BCUT2D eigenvalue weighted by atomic mass is 10.1. The molecule has 1 N–H and O–H groups in total. The smallest absolute Gasteiger partial charge is 0.317 e. The summed E-state index contributed by atoms with van der Waals surface area (Å²) in [4.78, 5) is 33.8. The van der Waals surface area contributed by atoms with Crippen LogP contribution in [-0.4, -0.2) is 27.2 Å². The Hall–Kier alpha value is -1.14. The zero-order valence-corrected chi connectivity index (χ0v) is 12.0.